The van der Waals surface area contributed by atoms with Gasteiger partial charge in [-0.1, -0.05) is 11.8 Å². The van der Waals surface area contributed by atoms with Crippen LogP contribution in [-0.4, -0.2) is 40.1 Å². The van der Waals surface area contributed by atoms with Crippen molar-refractivity contribution in [2.24, 2.45) is 0 Å². The van der Waals surface area contributed by atoms with Crippen LogP contribution in [-0.2, 0) is 9.53 Å². The lowest BCUT2D eigenvalue weighted by Crippen LogP contribution is -2.26. The van der Waals surface area contributed by atoms with Gasteiger partial charge in [-0.25, -0.2) is 4.79 Å². The summed E-state index contributed by atoms with van der Waals surface area (Å²) in [6, 6.07) is 0. The van der Waals surface area contributed by atoms with Gasteiger partial charge in [0.15, 0.2) is 0 Å². The molecule has 5 nitrogen and oxygen atoms in total. The molecule has 0 radical (unpaired) electrons. The van der Waals surface area contributed by atoms with Gasteiger partial charge in [0.2, 0.25) is 0 Å². The SMILES string of the molecule is CC(O)(C#C/C(CO)=C1\C=CC(=O)O1)CO. The minimum atomic E-state index is -1.55. The summed E-state index contributed by atoms with van der Waals surface area (Å²) in [4.78, 5) is 10.8. The van der Waals surface area contributed by atoms with E-state index < -0.39 is 24.8 Å². The minimum Gasteiger partial charge on any atom is -0.422 e. The molecular weight excluding hydrogens is 212 g/mol. The highest BCUT2D eigenvalue weighted by molar-refractivity contribution is 5.86. The van der Waals surface area contributed by atoms with Crippen LogP contribution in [0.15, 0.2) is 23.5 Å². The highest BCUT2D eigenvalue weighted by Gasteiger charge is 2.16. The third-order valence-corrected chi connectivity index (χ3v) is 1.83. The maximum atomic E-state index is 10.8. The first-order valence-electron chi connectivity index (χ1n) is 4.59. The van der Waals surface area contributed by atoms with Crippen molar-refractivity contribution in [2.45, 2.75) is 12.5 Å². The topological polar surface area (TPSA) is 87.0 Å². The van der Waals surface area contributed by atoms with E-state index in [1.54, 1.807) is 0 Å². The molecule has 1 heterocycles. The summed E-state index contributed by atoms with van der Waals surface area (Å²) in [7, 11) is 0. The minimum absolute atomic E-state index is 0.161. The summed E-state index contributed by atoms with van der Waals surface area (Å²) in [5, 5.41) is 27.2. The number of carbonyl (C=O) groups is 1. The van der Waals surface area contributed by atoms with E-state index in [9.17, 15) is 9.90 Å². The van der Waals surface area contributed by atoms with Crippen molar-refractivity contribution in [3.05, 3.63) is 23.5 Å². The summed E-state index contributed by atoms with van der Waals surface area (Å²) in [5.74, 6) is 4.46. The fourth-order valence-electron chi connectivity index (χ4n) is 0.911. The van der Waals surface area contributed by atoms with Gasteiger partial charge in [-0.3, -0.25) is 0 Å². The Labute approximate surface area is 92.7 Å². The van der Waals surface area contributed by atoms with E-state index in [0.29, 0.717) is 0 Å². The Hall–Kier alpha value is -1.61. The molecule has 0 aromatic heterocycles. The molecule has 1 unspecified atom stereocenters. The third kappa shape index (κ3) is 3.21. The molecule has 1 rings (SSSR count). The molecule has 0 aliphatic carbocycles. The molecular formula is C11H12O5. The lowest BCUT2D eigenvalue weighted by molar-refractivity contribution is -0.132. The van der Waals surface area contributed by atoms with Gasteiger partial charge < -0.3 is 20.1 Å². The first kappa shape index (κ1) is 12.5. The second kappa shape index (κ2) is 4.94. The van der Waals surface area contributed by atoms with Gasteiger partial charge in [0.25, 0.3) is 0 Å². The van der Waals surface area contributed by atoms with Gasteiger partial charge in [-0.2, -0.15) is 0 Å². The van der Waals surface area contributed by atoms with Crippen molar-refractivity contribution in [1.29, 1.82) is 0 Å². The van der Waals surface area contributed by atoms with Crippen molar-refractivity contribution in [3.8, 4) is 11.8 Å². The van der Waals surface area contributed by atoms with Crippen molar-refractivity contribution >= 4 is 5.97 Å². The Bertz CT molecular complexity index is 406. The van der Waals surface area contributed by atoms with Crippen LogP contribution in [0.5, 0.6) is 0 Å². The van der Waals surface area contributed by atoms with Gasteiger partial charge in [0.1, 0.15) is 11.4 Å². The average molecular weight is 224 g/mol. The lowest BCUT2D eigenvalue weighted by atomic mass is 10.1. The first-order chi connectivity index (χ1) is 7.48. The van der Waals surface area contributed by atoms with Crippen LogP contribution in [0, 0.1) is 11.8 Å². The zero-order valence-electron chi connectivity index (χ0n) is 8.73. The summed E-state index contributed by atoms with van der Waals surface area (Å²) < 4.78 is 4.74. The van der Waals surface area contributed by atoms with Gasteiger partial charge in [-0.05, 0) is 13.0 Å². The smallest absolute Gasteiger partial charge is 0.336 e. The second-order valence-corrected chi connectivity index (χ2v) is 3.44. The lowest BCUT2D eigenvalue weighted by Gasteiger charge is -2.11. The van der Waals surface area contributed by atoms with Crippen LogP contribution in [0.4, 0.5) is 0 Å². The summed E-state index contributed by atoms with van der Waals surface area (Å²) in [6.45, 7) is 0.390. The van der Waals surface area contributed by atoms with Gasteiger partial charge >= 0.3 is 5.97 Å². The molecule has 0 bridgehead atoms. The monoisotopic (exact) mass is 224 g/mol. The molecule has 5 heteroatoms. The Morgan fingerprint density at radius 1 is 1.50 bits per heavy atom. The predicted octanol–water partition coefficient (Wildman–Crippen LogP) is -0.908. The predicted molar refractivity (Wildman–Crippen MR) is 54.8 cm³/mol. The van der Waals surface area contributed by atoms with Crippen LogP contribution in [0.1, 0.15) is 6.92 Å². The molecule has 0 spiro atoms. The largest absolute Gasteiger partial charge is 0.422 e. The summed E-state index contributed by atoms with van der Waals surface area (Å²) >= 11 is 0. The number of esters is 1. The molecule has 3 N–H and O–H groups in total. The number of rotatable bonds is 2. The molecule has 16 heavy (non-hydrogen) atoms. The fourth-order valence-corrected chi connectivity index (χ4v) is 0.911. The van der Waals surface area contributed by atoms with E-state index in [0.717, 1.165) is 0 Å². The molecule has 0 amide bonds. The molecule has 1 aliphatic rings. The number of allylic oxidation sites excluding steroid dienone is 1. The molecule has 86 valence electrons. The Morgan fingerprint density at radius 3 is 2.62 bits per heavy atom. The van der Waals surface area contributed by atoms with Crippen LogP contribution < -0.4 is 0 Å². The van der Waals surface area contributed by atoms with E-state index in [4.69, 9.17) is 14.9 Å². The number of ether oxygens (including phenoxy) is 1. The standard InChI is InChI=1S/C11H12O5/c1-11(15,7-13)5-4-8(6-12)9-2-3-10(14)16-9/h2-3,12-13,15H,6-7H2,1H3/b9-8-. The van der Waals surface area contributed by atoms with Crippen LogP contribution in [0.25, 0.3) is 0 Å². The van der Waals surface area contributed by atoms with Crippen molar-refractivity contribution < 1.29 is 24.9 Å². The van der Waals surface area contributed by atoms with Crippen molar-refractivity contribution in [2.75, 3.05) is 13.2 Å². The number of aliphatic hydroxyl groups is 3. The normalized spacial score (nSPS) is 20.9. The molecule has 0 saturated carbocycles. The molecule has 0 aromatic carbocycles. The number of aliphatic hydroxyl groups excluding tert-OH is 2. The highest BCUT2D eigenvalue weighted by atomic mass is 16.5. The highest BCUT2D eigenvalue weighted by Crippen LogP contribution is 2.14. The number of hydrogen-bond acceptors (Lipinski definition) is 5. The van der Waals surface area contributed by atoms with E-state index in [2.05, 4.69) is 11.8 Å². The van der Waals surface area contributed by atoms with Crippen LogP contribution in [0.3, 0.4) is 0 Å². The zero-order chi connectivity index (χ0) is 12.2. The fraction of sp³-hybridized carbons (Fsp3) is 0.364. The molecule has 1 aliphatic heterocycles. The van der Waals surface area contributed by atoms with Crippen LogP contribution >= 0.6 is 0 Å². The van der Waals surface area contributed by atoms with E-state index >= 15 is 0 Å². The third-order valence-electron chi connectivity index (χ3n) is 1.83. The molecule has 0 saturated heterocycles. The Balaban J connectivity index is 2.93. The van der Waals surface area contributed by atoms with E-state index in [1.165, 1.54) is 19.1 Å². The van der Waals surface area contributed by atoms with E-state index in [-0.39, 0.29) is 11.3 Å². The van der Waals surface area contributed by atoms with E-state index in [1.807, 2.05) is 0 Å². The maximum Gasteiger partial charge on any atom is 0.336 e. The second-order valence-electron chi connectivity index (χ2n) is 3.44. The number of cyclic esters (lactones) is 1. The molecule has 1 atom stereocenters. The first-order valence-corrected chi connectivity index (χ1v) is 4.59. The van der Waals surface area contributed by atoms with Gasteiger partial charge in [0.05, 0.1) is 18.8 Å². The number of hydrogen-bond donors (Lipinski definition) is 3. The number of carbonyl (C=O) groups excluding carboxylic acids is 1. The van der Waals surface area contributed by atoms with Crippen LogP contribution in [0.2, 0.25) is 0 Å². The summed E-state index contributed by atoms with van der Waals surface area (Å²) in [6.07, 6.45) is 2.59. The average Bonchev–Trinajstić information content (AvgIpc) is 2.66. The molecule has 0 fully saturated rings. The Kier molecular flexibility index (Phi) is 3.85. The maximum absolute atomic E-state index is 10.8. The Morgan fingerprint density at radius 2 is 2.19 bits per heavy atom. The van der Waals surface area contributed by atoms with Gasteiger partial charge in [-0.15, -0.1) is 0 Å². The quantitative estimate of drug-likeness (QED) is 0.417. The van der Waals surface area contributed by atoms with Crippen molar-refractivity contribution in [1.82, 2.24) is 0 Å². The van der Waals surface area contributed by atoms with Gasteiger partial charge in [0, 0.05) is 6.08 Å². The van der Waals surface area contributed by atoms with Crippen molar-refractivity contribution in [3.63, 3.8) is 0 Å². The summed E-state index contributed by atoms with van der Waals surface area (Å²) in [5.41, 5.74) is -1.37. The molecule has 0 aromatic rings. The zero-order valence-corrected chi connectivity index (χ0v) is 8.73.